The highest BCUT2D eigenvalue weighted by Gasteiger charge is 2.26. The van der Waals surface area contributed by atoms with Gasteiger partial charge < -0.3 is 15.1 Å². The van der Waals surface area contributed by atoms with E-state index >= 15 is 0 Å². The molecule has 0 aromatic carbocycles. The van der Waals surface area contributed by atoms with Gasteiger partial charge in [-0.15, -0.1) is 6.58 Å². The molecule has 4 heteroatoms. The zero-order valence-corrected chi connectivity index (χ0v) is 8.22. The molecular formula is C10H17NO3. The van der Waals surface area contributed by atoms with Crippen LogP contribution in [0.5, 0.6) is 0 Å². The average molecular weight is 199 g/mol. The second-order valence-corrected chi connectivity index (χ2v) is 3.69. The number of carboxylic acid groups (broad SMARTS) is 1. The number of hydrogen-bond acceptors (Lipinski definition) is 2. The van der Waals surface area contributed by atoms with E-state index in [9.17, 15) is 9.90 Å². The lowest BCUT2D eigenvalue weighted by Crippen LogP contribution is -2.42. The largest absolute Gasteiger partial charge is 0.465 e. The van der Waals surface area contributed by atoms with E-state index in [2.05, 4.69) is 6.58 Å². The zero-order valence-electron chi connectivity index (χ0n) is 8.22. The van der Waals surface area contributed by atoms with Gasteiger partial charge in [-0.05, 0) is 25.7 Å². The number of hydrogen-bond donors (Lipinski definition) is 2. The molecule has 0 radical (unpaired) electrons. The minimum absolute atomic E-state index is 0.0499. The maximum absolute atomic E-state index is 10.9. The van der Waals surface area contributed by atoms with Crippen LogP contribution in [0.15, 0.2) is 12.7 Å². The molecule has 80 valence electrons. The molecule has 0 heterocycles. The summed E-state index contributed by atoms with van der Waals surface area (Å²) >= 11 is 0. The van der Waals surface area contributed by atoms with Gasteiger partial charge in [-0.1, -0.05) is 6.08 Å². The van der Waals surface area contributed by atoms with Crippen molar-refractivity contribution in [2.24, 2.45) is 0 Å². The summed E-state index contributed by atoms with van der Waals surface area (Å²) in [6.07, 6.45) is 3.36. The standard InChI is InChI=1S/C10H17NO3/c1-2-7-11(10(13)14)8-3-5-9(12)6-4-8/h2,8-9,12H,1,3-7H2,(H,13,14). The fourth-order valence-corrected chi connectivity index (χ4v) is 1.89. The second-order valence-electron chi connectivity index (χ2n) is 3.69. The van der Waals surface area contributed by atoms with Crippen LogP contribution in [0.3, 0.4) is 0 Å². The Hall–Kier alpha value is -1.03. The first-order chi connectivity index (χ1) is 6.65. The quantitative estimate of drug-likeness (QED) is 0.676. The Bertz CT molecular complexity index is 209. The minimum atomic E-state index is -0.897. The van der Waals surface area contributed by atoms with E-state index in [-0.39, 0.29) is 12.1 Å². The van der Waals surface area contributed by atoms with Crippen LogP contribution in [0.25, 0.3) is 0 Å². The van der Waals surface area contributed by atoms with E-state index in [4.69, 9.17) is 5.11 Å². The van der Waals surface area contributed by atoms with Gasteiger partial charge in [0.15, 0.2) is 0 Å². The van der Waals surface area contributed by atoms with Crippen LogP contribution >= 0.6 is 0 Å². The Morgan fingerprint density at radius 2 is 2.00 bits per heavy atom. The summed E-state index contributed by atoms with van der Waals surface area (Å²) in [6.45, 7) is 3.91. The van der Waals surface area contributed by atoms with Crippen LogP contribution in [0.2, 0.25) is 0 Å². The molecule has 14 heavy (non-hydrogen) atoms. The summed E-state index contributed by atoms with van der Waals surface area (Å²) < 4.78 is 0. The van der Waals surface area contributed by atoms with Gasteiger partial charge in [0, 0.05) is 12.6 Å². The van der Waals surface area contributed by atoms with Gasteiger partial charge in [-0.3, -0.25) is 0 Å². The second kappa shape index (κ2) is 5.00. The van der Waals surface area contributed by atoms with Gasteiger partial charge in [-0.25, -0.2) is 4.79 Å². The molecule has 1 saturated carbocycles. The molecule has 0 saturated heterocycles. The molecule has 4 nitrogen and oxygen atoms in total. The zero-order chi connectivity index (χ0) is 10.6. The van der Waals surface area contributed by atoms with Crippen LogP contribution in [0.4, 0.5) is 4.79 Å². The van der Waals surface area contributed by atoms with Crippen molar-refractivity contribution in [2.75, 3.05) is 6.54 Å². The van der Waals surface area contributed by atoms with Gasteiger partial charge in [0.25, 0.3) is 0 Å². The lowest BCUT2D eigenvalue weighted by molar-refractivity contribution is 0.0734. The molecule has 1 amide bonds. The molecule has 0 spiro atoms. The Balaban J connectivity index is 2.51. The van der Waals surface area contributed by atoms with E-state index in [1.165, 1.54) is 4.90 Å². The normalized spacial score (nSPS) is 26.9. The fourth-order valence-electron chi connectivity index (χ4n) is 1.89. The highest BCUT2D eigenvalue weighted by molar-refractivity contribution is 5.65. The predicted octanol–water partition coefficient (Wildman–Crippen LogP) is 1.46. The third kappa shape index (κ3) is 2.73. The highest BCUT2D eigenvalue weighted by atomic mass is 16.4. The van der Waals surface area contributed by atoms with E-state index in [1.54, 1.807) is 6.08 Å². The van der Waals surface area contributed by atoms with E-state index in [0.717, 1.165) is 12.8 Å². The molecule has 2 N–H and O–H groups in total. The molecule has 1 aliphatic carbocycles. The summed E-state index contributed by atoms with van der Waals surface area (Å²) in [7, 11) is 0. The molecular weight excluding hydrogens is 182 g/mol. The van der Waals surface area contributed by atoms with Crippen LogP contribution in [0.1, 0.15) is 25.7 Å². The monoisotopic (exact) mass is 199 g/mol. The SMILES string of the molecule is C=CCN(C(=O)O)C1CCC(O)CC1. The van der Waals surface area contributed by atoms with Gasteiger partial charge in [0.1, 0.15) is 0 Å². The van der Waals surface area contributed by atoms with Crippen molar-refractivity contribution in [3.8, 4) is 0 Å². The molecule has 0 atom stereocenters. The average Bonchev–Trinajstić information content (AvgIpc) is 2.15. The van der Waals surface area contributed by atoms with Crippen molar-refractivity contribution in [3.05, 3.63) is 12.7 Å². The molecule has 0 bridgehead atoms. The predicted molar refractivity (Wildman–Crippen MR) is 53.2 cm³/mol. The third-order valence-corrected chi connectivity index (χ3v) is 2.68. The van der Waals surface area contributed by atoms with E-state index in [1.807, 2.05) is 0 Å². The summed E-state index contributed by atoms with van der Waals surface area (Å²) in [4.78, 5) is 12.3. The summed E-state index contributed by atoms with van der Waals surface area (Å²) in [5.41, 5.74) is 0. The topological polar surface area (TPSA) is 60.8 Å². The molecule has 0 unspecified atom stereocenters. The van der Waals surface area contributed by atoms with E-state index in [0.29, 0.717) is 19.4 Å². The smallest absolute Gasteiger partial charge is 0.407 e. The molecule has 0 aliphatic heterocycles. The minimum Gasteiger partial charge on any atom is -0.465 e. The molecule has 0 aromatic heterocycles. The Morgan fingerprint density at radius 3 is 2.43 bits per heavy atom. The molecule has 1 fully saturated rings. The van der Waals surface area contributed by atoms with Gasteiger partial charge >= 0.3 is 6.09 Å². The van der Waals surface area contributed by atoms with Crippen LogP contribution in [0, 0.1) is 0 Å². The van der Waals surface area contributed by atoms with Gasteiger partial charge in [0.2, 0.25) is 0 Å². The summed E-state index contributed by atoms with van der Waals surface area (Å²) in [6, 6.07) is 0.0499. The van der Waals surface area contributed by atoms with Gasteiger partial charge in [-0.2, -0.15) is 0 Å². The van der Waals surface area contributed by atoms with E-state index < -0.39 is 6.09 Å². The lowest BCUT2D eigenvalue weighted by Gasteiger charge is -2.33. The number of aliphatic hydroxyl groups excluding tert-OH is 1. The van der Waals surface area contributed by atoms with Crippen molar-refractivity contribution in [1.82, 2.24) is 4.90 Å². The van der Waals surface area contributed by atoms with Crippen molar-refractivity contribution in [2.45, 2.75) is 37.8 Å². The Kier molecular flexibility index (Phi) is 3.95. The van der Waals surface area contributed by atoms with Crippen LogP contribution < -0.4 is 0 Å². The molecule has 1 rings (SSSR count). The Morgan fingerprint density at radius 1 is 1.43 bits per heavy atom. The summed E-state index contributed by atoms with van der Waals surface area (Å²) in [5.74, 6) is 0. The third-order valence-electron chi connectivity index (χ3n) is 2.68. The van der Waals surface area contributed by atoms with Crippen LogP contribution in [-0.4, -0.2) is 39.9 Å². The first kappa shape index (κ1) is 11.0. The number of aliphatic hydroxyl groups is 1. The van der Waals surface area contributed by atoms with Crippen molar-refractivity contribution in [1.29, 1.82) is 0 Å². The van der Waals surface area contributed by atoms with Gasteiger partial charge in [0.05, 0.1) is 6.10 Å². The molecule has 0 aromatic rings. The maximum Gasteiger partial charge on any atom is 0.407 e. The van der Waals surface area contributed by atoms with Crippen molar-refractivity contribution in [3.63, 3.8) is 0 Å². The highest BCUT2D eigenvalue weighted by Crippen LogP contribution is 2.23. The Labute approximate surface area is 83.8 Å². The first-order valence-electron chi connectivity index (χ1n) is 4.93. The number of nitrogens with zero attached hydrogens (tertiary/aromatic N) is 1. The number of carbonyl (C=O) groups is 1. The number of amides is 1. The molecule has 1 aliphatic rings. The van der Waals surface area contributed by atoms with Crippen LogP contribution in [-0.2, 0) is 0 Å². The first-order valence-corrected chi connectivity index (χ1v) is 4.93. The maximum atomic E-state index is 10.9. The summed E-state index contributed by atoms with van der Waals surface area (Å²) in [5, 5.41) is 18.2. The number of rotatable bonds is 3. The lowest BCUT2D eigenvalue weighted by atomic mass is 9.92. The van der Waals surface area contributed by atoms with Crippen molar-refractivity contribution >= 4 is 6.09 Å². The van der Waals surface area contributed by atoms with Crippen molar-refractivity contribution < 1.29 is 15.0 Å². The fraction of sp³-hybridized carbons (Fsp3) is 0.700.